The first-order chi connectivity index (χ1) is 12.2. The first kappa shape index (κ1) is 15.9. The molecule has 1 atom stereocenters. The fourth-order valence-corrected chi connectivity index (χ4v) is 3.23. The third-order valence-electron chi connectivity index (χ3n) is 4.74. The zero-order valence-corrected chi connectivity index (χ0v) is 14.5. The molecule has 1 aromatic heterocycles. The number of aryl methyl sites for hydroxylation is 2. The summed E-state index contributed by atoms with van der Waals surface area (Å²) in [4.78, 5) is 17.3. The first-order valence-corrected chi connectivity index (χ1v) is 8.76. The number of nitrogens with one attached hydrogen (secondary N) is 1. The van der Waals surface area contributed by atoms with Gasteiger partial charge in [0, 0.05) is 12.1 Å². The van der Waals surface area contributed by atoms with Crippen LogP contribution in [-0.2, 0) is 6.54 Å². The van der Waals surface area contributed by atoms with E-state index in [2.05, 4.69) is 15.4 Å². The van der Waals surface area contributed by atoms with Gasteiger partial charge in [-0.15, -0.1) is 0 Å². The summed E-state index contributed by atoms with van der Waals surface area (Å²) in [5.74, 6) is 2.47. The maximum Gasteiger partial charge on any atom is 0.252 e. The quantitative estimate of drug-likeness (QED) is 0.902. The van der Waals surface area contributed by atoms with Crippen LogP contribution in [0.3, 0.4) is 0 Å². The lowest BCUT2D eigenvalue weighted by Crippen LogP contribution is -2.32. The molecule has 132 valence electrons. The summed E-state index contributed by atoms with van der Waals surface area (Å²) in [6.07, 6.45) is 3.75. The number of hydrogen-bond acceptors (Lipinski definition) is 5. The van der Waals surface area contributed by atoms with Crippen molar-refractivity contribution in [3.63, 3.8) is 0 Å². The van der Waals surface area contributed by atoms with E-state index in [-0.39, 0.29) is 11.9 Å². The second-order valence-corrected chi connectivity index (χ2v) is 6.53. The van der Waals surface area contributed by atoms with Gasteiger partial charge in [-0.25, -0.2) is 9.67 Å². The Morgan fingerprint density at radius 3 is 2.72 bits per heavy atom. The summed E-state index contributed by atoms with van der Waals surface area (Å²) >= 11 is 0. The number of carbonyl (C=O) groups is 1. The van der Waals surface area contributed by atoms with E-state index in [0.717, 1.165) is 30.8 Å². The number of carbonyl (C=O) groups excluding carboxylic acids is 1. The Balaban J connectivity index is 1.60. The highest BCUT2D eigenvalue weighted by Crippen LogP contribution is 2.41. The van der Waals surface area contributed by atoms with E-state index < -0.39 is 0 Å². The molecule has 2 heterocycles. The second-order valence-electron chi connectivity index (χ2n) is 6.53. The van der Waals surface area contributed by atoms with Crippen molar-refractivity contribution >= 4 is 5.91 Å². The van der Waals surface area contributed by atoms with Gasteiger partial charge in [0.05, 0.1) is 6.04 Å². The van der Waals surface area contributed by atoms with Crippen LogP contribution in [0.4, 0.5) is 0 Å². The van der Waals surface area contributed by atoms with Crippen molar-refractivity contribution in [1.82, 2.24) is 20.1 Å². The second kappa shape index (κ2) is 6.38. The highest BCUT2D eigenvalue weighted by Gasteiger charge is 2.36. The average Bonchev–Trinajstić information content (AvgIpc) is 3.35. The topological polar surface area (TPSA) is 78.3 Å². The van der Waals surface area contributed by atoms with Crippen LogP contribution >= 0.6 is 0 Å². The van der Waals surface area contributed by atoms with Gasteiger partial charge in [0.2, 0.25) is 0 Å². The number of ether oxygens (including phenoxy) is 2. The Morgan fingerprint density at radius 2 is 2.04 bits per heavy atom. The van der Waals surface area contributed by atoms with Gasteiger partial charge in [-0.3, -0.25) is 4.79 Å². The molecule has 1 saturated carbocycles. The fraction of sp³-hybridized carbons (Fsp3) is 0.500. The number of hydrogen-bond donors (Lipinski definition) is 1. The summed E-state index contributed by atoms with van der Waals surface area (Å²) in [5, 5.41) is 7.40. The minimum absolute atomic E-state index is 0.109. The van der Waals surface area contributed by atoms with Gasteiger partial charge in [-0.1, -0.05) is 0 Å². The number of aromatic nitrogens is 3. The molecule has 0 spiro atoms. The van der Waals surface area contributed by atoms with Crippen LogP contribution < -0.4 is 14.8 Å². The van der Waals surface area contributed by atoms with Crippen molar-refractivity contribution in [2.75, 3.05) is 13.2 Å². The summed E-state index contributed by atoms with van der Waals surface area (Å²) in [5.41, 5.74) is 1.48. The molecule has 1 aliphatic heterocycles. The van der Waals surface area contributed by atoms with Crippen LogP contribution in [0.1, 0.15) is 47.6 Å². The smallest absolute Gasteiger partial charge is 0.252 e. The Bertz CT molecular complexity index is 798. The van der Waals surface area contributed by atoms with Crippen molar-refractivity contribution in [3.05, 3.63) is 35.4 Å². The zero-order valence-electron chi connectivity index (χ0n) is 14.5. The Hall–Kier alpha value is -2.57. The van der Waals surface area contributed by atoms with E-state index in [1.165, 1.54) is 0 Å². The van der Waals surface area contributed by atoms with Gasteiger partial charge in [0.1, 0.15) is 25.4 Å². The molecule has 1 aromatic carbocycles. The lowest BCUT2D eigenvalue weighted by Gasteiger charge is -2.22. The number of amides is 1. The average molecular weight is 342 g/mol. The molecule has 0 saturated heterocycles. The predicted molar refractivity (Wildman–Crippen MR) is 90.8 cm³/mol. The highest BCUT2D eigenvalue weighted by molar-refractivity contribution is 5.96. The minimum atomic E-state index is -0.114. The number of nitrogens with zero attached hydrogens (tertiary/aromatic N) is 3. The van der Waals surface area contributed by atoms with Gasteiger partial charge in [-0.05, 0) is 50.3 Å². The van der Waals surface area contributed by atoms with Crippen LogP contribution in [0.15, 0.2) is 18.5 Å². The third-order valence-corrected chi connectivity index (χ3v) is 4.74. The van der Waals surface area contributed by atoms with E-state index in [1.807, 2.05) is 24.6 Å². The lowest BCUT2D eigenvalue weighted by atomic mass is 10.0. The predicted octanol–water partition coefficient (Wildman–Crippen LogP) is 2.26. The van der Waals surface area contributed by atoms with Crippen LogP contribution in [0.25, 0.3) is 0 Å². The highest BCUT2D eigenvalue weighted by atomic mass is 16.6. The van der Waals surface area contributed by atoms with Crippen LogP contribution in [0.5, 0.6) is 11.5 Å². The Kier molecular flexibility index (Phi) is 4.07. The van der Waals surface area contributed by atoms with Crippen molar-refractivity contribution in [1.29, 1.82) is 0 Å². The summed E-state index contributed by atoms with van der Waals surface area (Å²) in [6.45, 7) is 5.70. The molecule has 1 N–H and O–H groups in total. The SMILES string of the molecule is CCn1ncnc1C(NC(=O)c1cc2c(cc1C)OCCO2)C1CC1. The van der Waals surface area contributed by atoms with E-state index in [9.17, 15) is 4.79 Å². The molecule has 4 rings (SSSR count). The van der Waals surface area contributed by atoms with Gasteiger partial charge in [-0.2, -0.15) is 5.10 Å². The lowest BCUT2D eigenvalue weighted by molar-refractivity contribution is 0.0926. The molecule has 2 aromatic rings. The van der Waals surface area contributed by atoms with Crippen molar-refractivity contribution in [2.24, 2.45) is 5.92 Å². The molecule has 7 heteroatoms. The van der Waals surface area contributed by atoms with Gasteiger partial charge in [0.15, 0.2) is 11.5 Å². The molecular weight excluding hydrogens is 320 g/mol. The molecule has 25 heavy (non-hydrogen) atoms. The third kappa shape index (κ3) is 3.06. The number of benzene rings is 1. The van der Waals surface area contributed by atoms with Crippen molar-refractivity contribution in [2.45, 2.75) is 39.3 Å². The molecule has 1 amide bonds. The summed E-state index contributed by atoms with van der Waals surface area (Å²) in [6, 6.07) is 3.53. The molecule has 0 bridgehead atoms. The van der Waals surface area contributed by atoms with E-state index in [4.69, 9.17) is 9.47 Å². The van der Waals surface area contributed by atoms with Gasteiger partial charge < -0.3 is 14.8 Å². The monoisotopic (exact) mass is 342 g/mol. The fourth-order valence-electron chi connectivity index (χ4n) is 3.23. The molecule has 7 nitrogen and oxygen atoms in total. The van der Waals surface area contributed by atoms with Crippen molar-refractivity contribution < 1.29 is 14.3 Å². The molecule has 1 unspecified atom stereocenters. The van der Waals surface area contributed by atoms with E-state index >= 15 is 0 Å². The van der Waals surface area contributed by atoms with E-state index in [1.54, 1.807) is 12.4 Å². The van der Waals surface area contributed by atoms with Gasteiger partial charge >= 0.3 is 0 Å². The Labute approximate surface area is 146 Å². The molecule has 0 radical (unpaired) electrons. The normalized spacial score (nSPS) is 17.2. The maximum absolute atomic E-state index is 12.9. The number of rotatable bonds is 5. The zero-order chi connectivity index (χ0) is 17.4. The van der Waals surface area contributed by atoms with Crippen LogP contribution in [0, 0.1) is 12.8 Å². The molecular formula is C18H22N4O3. The molecule has 2 aliphatic rings. The summed E-state index contributed by atoms with van der Waals surface area (Å²) in [7, 11) is 0. The van der Waals surface area contributed by atoms with Crippen LogP contribution in [0.2, 0.25) is 0 Å². The minimum Gasteiger partial charge on any atom is -0.486 e. The largest absolute Gasteiger partial charge is 0.486 e. The Morgan fingerprint density at radius 1 is 1.32 bits per heavy atom. The van der Waals surface area contributed by atoms with Gasteiger partial charge in [0.25, 0.3) is 5.91 Å². The molecule has 1 fully saturated rings. The first-order valence-electron chi connectivity index (χ1n) is 8.76. The standard InChI is InChI=1S/C18H22N4O3/c1-3-22-17(19-10-20-22)16(12-4-5-12)21-18(23)13-9-15-14(8-11(13)2)24-6-7-25-15/h8-10,12,16H,3-7H2,1-2H3,(H,21,23). The maximum atomic E-state index is 12.9. The van der Waals surface area contributed by atoms with Crippen molar-refractivity contribution in [3.8, 4) is 11.5 Å². The van der Waals surface area contributed by atoms with E-state index in [0.29, 0.717) is 36.2 Å². The molecule has 1 aliphatic carbocycles. The summed E-state index contributed by atoms with van der Waals surface area (Å²) < 4.78 is 13.0. The van der Waals surface area contributed by atoms with Crippen LogP contribution in [-0.4, -0.2) is 33.9 Å². The number of fused-ring (bicyclic) bond motifs is 1.